The molecule has 2 saturated heterocycles. The Bertz CT molecular complexity index is 1450. The van der Waals surface area contributed by atoms with Crippen LogP contribution in [-0.2, 0) is 16.1 Å². The molecule has 4 heterocycles. The number of piperidine rings is 2. The highest BCUT2D eigenvalue weighted by Gasteiger charge is 2.39. The van der Waals surface area contributed by atoms with Crippen molar-refractivity contribution in [1.29, 1.82) is 0 Å². The van der Waals surface area contributed by atoms with Gasteiger partial charge in [0, 0.05) is 24.7 Å². The summed E-state index contributed by atoms with van der Waals surface area (Å²) in [5, 5.41) is 19.0. The predicted molar refractivity (Wildman–Crippen MR) is 146 cm³/mol. The Balaban J connectivity index is 1.17. The maximum atomic E-state index is 13.3. The van der Waals surface area contributed by atoms with E-state index in [0.29, 0.717) is 48.3 Å². The van der Waals surface area contributed by atoms with Gasteiger partial charge < -0.3 is 15.3 Å². The number of amides is 2. The van der Waals surface area contributed by atoms with Gasteiger partial charge in [-0.1, -0.05) is 12.5 Å². The van der Waals surface area contributed by atoms with Crippen molar-refractivity contribution in [3.05, 3.63) is 47.1 Å². The lowest BCUT2D eigenvalue weighted by molar-refractivity contribution is -0.137. The zero-order chi connectivity index (χ0) is 27.1. The lowest BCUT2D eigenvalue weighted by Gasteiger charge is -2.38. The number of rotatable bonds is 6. The van der Waals surface area contributed by atoms with Crippen LogP contribution in [0.4, 0.5) is 5.69 Å². The molecule has 1 aliphatic carbocycles. The summed E-state index contributed by atoms with van der Waals surface area (Å²) in [6, 6.07) is 7.19. The molecular formula is C28H35N7O4. The van der Waals surface area contributed by atoms with Gasteiger partial charge in [-0.3, -0.25) is 23.9 Å². The van der Waals surface area contributed by atoms with E-state index in [0.717, 1.165) is 38.6 Å². The summed E-state index contributed by atoms with van der Waals surface area (Å²) in [5.41, 5.74) is 0.386. The summed E-state index contributed by atoms with van der Waals surface area (Å²) < 4.78 is 3.02. The van der Waals surface area contributed by atoms with Crippen LogP contribution in [0.5, 0.6) is 0 Å². The number of likely N-dealkylation sites (tertiary alicyclic amines) is 2. The maximum Gasteiger partial charge on any atom is 0.264 e. The fourth-order valence-electron chi connectivity index (χ4n) is 5.80. The Morgan fingerprint density at radius 2 is 1.92 bits per heavy atom. The SMILES string of the molecule is CN1CCCCC1C(=O)Nc1cccc(-n2ncc3c(=O)n(CC4(O)CCN(C(=O)C5CC5)CC4)cnc32)c1. The van der Waals surface area contributed by atoms with E-state index in [1.54, 1.807) is 4.68 Å². The molecule has 11 nitrogen and oxygen atoms in total. The summed E-state index contributed by atoms with van der Waals surface area (Å²) >= 11 is 0. The maximum absolute atomic E-state index is 13.3. The second-order valence-corrected chi connectivity index (χ2v) is 11.3. The minimum atomic E-state index is -1.07. The highest BCUT2D eigenvalue weighted by Crippen LogP contribution is 2.33. The molecule has 1 aromatic carbocycles. The molecule has 0 spiro atoms. The van der Waals surface area contributed by atoms with Crippen molar-refractivity contribution in [2.45, 2.75) is 63.1 Å². The van der Waals surface area contributed by atoms with E-state index in [4.69, 9.17) is 0 Å². The van der Waals surface area contributed by atoms with Crippen LogP contribution in [0.25, 0.3) is 16.7 Å². The number of carbonyl (C=O) groups is 2. The van der Waals surface area contributed by atoms with Crippen molar-refractivity contribution in [1.82, 2.24) is 29.1 Å². The number of hydrogen-bond acceptors (Lipinski definition) is 7. The molecule has 2 aromatic heterocycles. The van der Waals surface area contributed by atoms with Crippen LogP contribution in [0, 0.1) is 5.92 Å². The number of likely N-dealkylation sites (N-methyl/N-ethyl adjacent to an activating group) is 1. The minimum Gasteiger partial charge on any atom is -0.388 e. The number of benzene rings is 1. The van der Waals surface area contributed by atoms with E-state index in [9.17, 15) is 19.5 Å². The van der Waals surface area contributed by atoms with E-state index < -0.39 is 5.60 Å². The molecule has 2 amide bonds. The van der Waals surface area contributed by atoms with Gasteiger partial charge >= 0.3 is 0 Å². The number of aliphatic hydroxyl groups is 1. The number of aromatic nitrogens is 4. The lowest BCUT2D eigenvalue weighted by atomic mass is 9.91. The van der Waals surface area contributed by atoms with Crippen molar-refractivity contribution in [2.24, 2.45) is 5.92 Å². The number of hydrogen-bond donors (Lipinski definition) is 2. The Morgan fingerprint density at radius 3 is 2.67 bits per heavy atom. The second-order valence-electron chi connectivity index (χ2n) is 11.3. The average Bonchev–Trinajstić information content (AvgIpc) is 3.69. The predicted octanol–water partition coefficient (Wildman–Crippen LogP) is 1.77. The normalized spacial score (nSPS) is 21.7. The van der Waals surface area contributed by atoms with Gasteiger partial charge in [-0.05, 0) is 70.3 Å². The van der Waals surface area contributed by atoms with Gasteiger partial charge in [0.05, 0.1) is 30.1 Å². The molecule has 3 aliphatic rings. The highest BCUT2D eigenvalue weighted by atomic mass is 16.3. The quantitative estimate of drug-likeness (QED) is 0.495. The van der Waals surface area contributed by atoms with Crippen molar-refractivity contribution >= 4 is 28.5 Å². The molecule has 39 heavy (non-hydrogen) atoms. The van der Waals surface area contributed by atoms with Crippen LogP contribution >= 0.6 is 0 Å². The Hall–Kier alpha value is -3.57. The van der Waals surface area contributed by atoms with E-state index in [1.165, 1.54) is 17.1 Å². The Morgan fingerprint density at radius 1 is 1.13 bits per heavy atom. The molecule has 1 saturated carbocycles. The highest BCUT2D eigenvalue weighted by molar-refractivity contribution is 5.95. The number of nitrogens with zero attached hydrogens (tertiary/aromatic N) is 6. The Labute approximate surface area is 226 Å². The van der Waals surface area contributed by atoms with Gasteiger partial charge in [-0.15, -0.1) is 0 Å². The molecule has 3 aromatic rings. The molecule has 1 unspecified atom stereocenters. The molecule has 206 valence electrons. The first-order chi connectivity index (χ1) is 18.8. The number of nitrogens with one attached hydrogen (secondary N) is 1. The number of anilines is 1. The van der Waals surface area contributed by atoms with Gasteiger partial charge in [0.15, 0.2) is 5.65 Å². The van der Waals surface area contributed by atoms with Crippen molar-refractivity contribution in [3.63, 3.8) is 0 Å². The summed E-state index contributed by atoms with van der Waals surface area (Å²) in [7, 11) is 1.98. The standard InChI is InChI=1S/C28H35N7O4/c1-32-12-3-2-7-23(32)25(36)31-20-5-4-6-21(15-20)35-24-22(16-30-35)27(38)34(18-29-24)17-28(39)10-13-33(14-11-28)26(37)19-8-9-19/h4-6,15-16,18-19,23,39H,2-3,7-14,17H2,1H3,(H,31,36). The van der Waals surface area contributed by atoms with E-state index in [-0.39, 0.29) is 35.9 Å². The summed E-state index contributed by atoms with van der Waals surface area (Å²) in [6.07, 6.45) is 8.70. The third-order valence-electron chi connectivity index (χ3n) is 8.38. The molecule has 3 fully saturated rings. The molecule has 2 aliphatic heterocycles. The van der Waals surface area contributed by atoms with E-state index >= 15 is 0 Å². The molecule has 0 bridgehead atoms. The Kier molecular flexibility index (Phi) is 6.72. The fraction of sp³-hybridized carbons (Fsp3) is 0.536. The van der Waals surface area contributed by atoms with Crippen molar-refractivity contribution in [2.75, 3.05) is 32.0 Å². The minimum absolute atomic E-state index is 0.0265. The topological polar surface area (TPSA) is 126 Å². The van der Waals surface area contributed by atoms with E-state index in [1.807, 2.05) is 36.2 Å². The lowest BCUT2D eigenvalue weighted by Crippen LogP contribution is -2.50. The van der Waals surface area contributed by atoms with Gasteiger partial charge in [0.25, 0.3) is 5.56 Å². The molecule has 2 N–H and O–H groups in total. The molecule has 1 atom stereocenters. The number of carbonyl (C=O) groups excluding carboxylic acids is 2. The van der Waals surface area contributed by atoms with Gasteiger partial charge in [-0.25, -0.2) is 9.67 Å². The van der Waals surface area contributed by atoms with Crippen LogP contribution in [0.2, 0.25) is 0 Å². The zero-order valence-electron chi connectivity index (χ0n) is 22.3. The summed E-state index contributed by atoms with van der Waals surface area (Å²) in [4.78, 5) is 47.0. The first kappa shape index (κ1) is 25.7. The third-order valence-corrected chi connectivity index (χ3v) is 8.38. The van der Waals surface area contributed by atoms with Crippen molar-refractivity contribution in [3.8, 4) is 5.69 Å². The molecule has 11 heteroatoms. The zero-order valence-corrected chi connectivity index (χ0v) is 22.3. The van der Waals surface area contributed by atoms with Crippen LogP contribution in [0.3, 0.4) is 0 Å². The summed E-state index contributed by atoms with van der Waals surface area (Å²) in [6.45, 7) is 2.02. The van der Waals surface area contributed by atoms with Gasteiger partial charge in [0.2, 0.25) is 11.8 Å². The first-order valence-corrected chi connectivity index (χ1v) is 13.9. The second kappa shape index (κ2) is 10.2. The van der Waals surface area contributed by atoms with Crippen LogP contribution < -0.4 is 10.9 Å². The van der Waals surface area contributed by atoms with Gasteiger partial charge in [-0.2, -0.15) is 5.10 Å². The first-order valence-electron chi connectivity index (χ1n) is 13.9. The number of fused-ring (bicyclic) bond motifs is 1. The van der Waals surface area contributed by atoms with Crippen LogP contribution in [-0.4, -0.2) is 84.4 Å². The van der Waals surface area contributed by atoms with Crippen molar-refractivity contribution < 1.29 is 14.7 Å². The van der Waals surface area contributed by atoms with E-state index in [2.05, 4.69) is 20.3 Å². The summed E-state index contributed by atoms with van der Waals surface area (Å²) in [5.74, 6) is 0.327. The average molecular weight is 534 g/mol. The third kappa shape index (κ3) is 5.20. The molecule has 6 rings (SSSR count). The molecular weight excluding hydrogens is 498 g/mol. The fourth-order valence-corrected chi connectivity index (χ4v) is 5.80. The molecule has 0 radical (unpaired) electrons. The largest absolute Gasteiger partial charge is 0.388 e. The smallest absolute Gasteiger partial charge is 0.264 e. The van der Waals surface area contributed by atoms with Crippen LogP contribution in [0.1, 0.15) is 44.9 Å². The van der Waals surface area contributed by atoms with Crippen LogP contribution in [0.15, 0.2) is 41.6 Å². The van der Waals surface area contributed by atoms with Gasteiger partial charge in [0.1, 0.15) is 11.7 Å². The monoisotopic (exact) mass is 533 g/mol.